The predicted octanol–water partition coefficient (Wildman–Crippen LogP) is 7.39. The number of rotatable bonds is 4. The molecule has 0 fully saturated rings. The molecule has 4 aromatic rings. The SMILES string of the molecule is COc1ccc(-[c-]2cc(C)c(C)c2)cc1.COc1ccc(-[c-]2cc(C)c(C)c2)cc1.[Zr+2]. The van der Waals surface area contributed by atoms with E-state index in [2.05, 4.69) is 76.2 Å². The summed E-state index contributed by atoms with van der Waals surface area (Å²) in [6.07, 6.45) is 0. The monoisotopic (exact) mass is 488 g/mol. The van der Waals surface area contributed by atoms with E-state index >= 15 is 0 Å². The molecule has 4 aromatic carbocycles. The second-order valence-electron chi connectivity index (χ2n) is 7.68. The van der Waals surface area contributed by atoms with E-state index in [4.69, 9.17) is 9.47 Å². The minimum Gasteiger partial charge on any atom is -0.498 e. The first-order valence-electron chi connectivity index (χ1n) is 10.2. The molecule has 0 saturated carbocycles. The molecule has 0 bridgehead atoms. The van der Waals surface area contributed by atoms with Crippen LogP contribution < -0.4 is 9.47 Å². The van der Waals surface area contributed by atoms with Crippen LogP contribution in [0.15, 0.2) is 72.8 Å². The molecular formula is C28H30O2Zr. The Balaban J connectivity index is 0.000000213. The fourth-order valence-corrected chi connectivity index (χ4v) is 3.37. The third kappa shape index (κ3) is 6.31. The zero-order valence-electron chi connectivity index (χ0n) is 19.2. The Labute approximate surface area is 205 Å². The normalized spacial score (nSPS) is 10.0. The maximum atomic E-state index is 5.13. The van der Waals surface area contributed by atoms with Crippen molar-refractivity contribution >= 4 is 0 Å². The van der Waals surface area contributed by atoms with Gasteiger partial charge in [0.2, 0.25) is 0 Å². The molecule has 0 aliphatic heterocycles. The van der Waals surface area contributed by atoms with Gasteiger partial charge in [-0.15, -0.1) is 81.9 Å². The molecule has 0 aromatic heterocycles. The smallest absolute Gasteiger partial charge is 0.498 e. The molecule has 0 spiro atoms. The molecule has 0 aliphatic rings. The van der Waals surface area contributed by atoms with Gasteiger partial charge >= 0.3 is 26.2 Å². The maximum Gasteiger partial charge on any atom is 2.00 e. The quantitative estimate of drug-likeness (QED) is 0.278. The van der Waals surface area contributed by atoms with Crippen LogP contribution in [-0.4, -0.2) is 14.2 Å². The summed E-state index contributed by atoms with van der Waals surface area (Å²) in [6, 6.07) is 25.2. The Kier molecular flexibility index (Phi) is 9.07. The number of hydrogen-bond acceptors (Lipinski definition) is 2. The number of ether oxygens (including phenoxy) is 2. The minimum atomic E-state index is 0. The van der Waals surface area contributed by atoms with Crippen LogP contribution in [0.2, 0.25) is 0 Å². The molecule has 2 nitrogen and oxygen atoms in total. The Morgan fingerprint density at radius 1 is 0.484 bits per heavy atom. The number of aryl methyl sites for hydroxylation is 4. The predicted molar refractivity (Wildman–Crippen MR) is 127 cm³/mol. The summed E-state index contributed by atoms with van der Waals surface area (Å²) in [4.78, 5) is 0. The average molecular weight is 490 g/mol. The van der Waals surface area contributed by atoms with Gasteiger partial charge in [0.1, 0.15) is 11.5 Å². The van der Waals surface area contributed by atoms with Gasteiger partial charge in [0.05, 0.1) is 14.2 Å². The molecule has 0 saturated heterocycles. The number of benzene rings is 2. The van der Waals surface area contributed by atoms with Crippen LogP contribution in [0.4, 0.5) is 0 Å². The van der Waals surface area contributed by atoms with E-state index in [-0.39, 0.29) is 26.2 Å². The number of hydrogen-bond donors (Lipinski definition) is 0. The van der Waals surface area contributed by atoms with Crippen molar-refractivity contribution in [3.63, 3.8) is 0 Å². The fraction of sp³-hybridized carbons (Fsp3) is 0.214. The van der Waals surface area contributed by atoms with Crippen molar-refractivity contribution in [2.45, 2.75) is 27.7 Å². The third-order valence-corrected chi connectivity index (χ3v) is 5.58. The molecule has 0 atom stereocenters. The zero-order valence-corrected chi connectivity index (χ0v) is 21.7. The van der Waals surface area contributed by atoms with Crippen LogP contribution in [0.3, 0.4) is 0 Å². The van der Waals surface area contributed by atoms with E-state index in [1.54, 1.807) is 14.2 Å². The van der Waals surface area contributed by atoms with E-state index in [0.29, 0.717) is 0 Å². The summed E-state index contributed by atoms with van der Waals surface area (Å²) in [5.74, 6) is 1.80. The van der Waals surface area contributed by atoms with Crippen LogP contribution in [0.5, 0.6) is 11.5 Å². The minimum absolute atomic E-state index is 0. The van der Waals surface area contributed by atoms with E-state index in [1.807, 2.05) is 24.3 Å². The third-order valence-electron chi connectivity index (χ3n) is 5.58. The Bertz CT molecular complexity index is 955. The van der Waals surface area contributed by atoms with Gasteiger partial charge in [-0.25, -0.2) is 0 Å². The van der Waals surface area contributed by atoms with Gasteiger partial charge < -0.3 is 9.47 Å². The molecule has 0 N–H and O–H groups in total. The Morgan fingerprint density at radius 2 is 0.742 bits per heavy atom. The maximum absolute atomic E-state index is 5.13. The molecule has 4 rings (SSSR count). The summed E-state index contributed by atoms with van der Waals surface area (Å²) < 4.78 is 10.3. The topological polar surface area (TPSA) is 18.5 Å². The first-order valence-corrected chi connectivity index (χ1v) is 10.2. The van der Waals surface area contributed by atoms with Crippen molar-refractivity contribution in [1.82, 2.24) is 0 Å². The van der Waals surface area contributed by atoms with Crippen molar-refractivity contribution in [2.24, 2.45) is 0 Å². The van der Waals surface area contributed by atoms with Gasteiger partial charge in [-0.3, -0.25) is 0 Å². The van der Waals surface area contributed by atoms with E-state index < -0.39 is 0 Å². The second kappa shape index (κ2) is 11.3. The summed E-state index contributed by atoms with van der Waals surface area (Å²) in [7, 11) is 3.37. The zero-order chi connectivity index (χ0) is 21.7. The Hall–Kier alpha value is -2.38. The summed E-state index contributed by atoms with van der Waals surface area (Å²) in [5, 5.41) is 0. The van der Waals surface area contributed by atoms with E-state index in [9.17, 15) is 0 Å². The van der Waals surface area contributed by atoms with Crippen molar-refractivity contribution < 1.29 is 35.7 Å². The van der Waals surface area contributed by atoms with Crippen LogP contribution in [0.25, 0.3) is 22.3 Å². The molecule has 0 aliphatic carbocycles. The van der Waals surface area contributed by atoms with Gasteiger partial charge in [0, 0.05) is 0 Å². The van der Waals surface area contributed by atoms with Crippen molar-refractivity contribution in [3.05, 3.63) is 95.1 Å². The molecule has 0 radical (unpaired) electrons. The van der Waals surface area contributed by atoms with Crippen molar-refractivity contribution in [2.75, 3.05) is 14.2 Å². The summed E-state index contributed by atoms with van der Waals surface area (Å²) >= 11 is 0. The first-order chi connectivity index (χ1) is 14.4. The Morgan fingerprint density at radius 3 is 0.968 bits per heavy atom. The average Bonchev–Trinajstić information content (AvgIpc) is 3.29. The van der Waals surface area contributed by atoms with Crippen molar-refractivity contribution in [3.8, 4) is 33.8 Å². The van der Waals surface area contributed by atoms with Crippen LogP contribution >= 0.6 is 0 Å². The number of methoxy groups -OCH3 is 2. The second-order valence-corrected chi connectivity index (χ2v) is 7.68. The fourth-order valence-electron chi connectivity index (χ4n) is 3.37. The standard InChI is InChI=1S/2C14H15O.Zr/c2*1-10-8-13(9-11(10)2)12-4-6-14(15-3)7-5-12;/h2*4-9H,1-3H3;/q2*-1;+2. The van der Waals surface area contributed by atoms with Gasteiger partial charge in [-0.2, -0.15) is 0 Å². The molecule has 158 valence electrons. The molecule has 31 heavy (non-hydrogen) atoms. The molecule has 0 unspecified atom stereocenters. The van der Waals surface area contributed by atoms with E-state index in [0.717, 1.165) is 11.5 Å². The first kappa shape index (κ1) is 24.9. The molecule has 0 amide bonds. The van der Waals surface area contributed by atoms with Crippen LogP contribution in [-0.2, 0) is 26.2 Å². The van der Waals surface area contributed by atoms with Gasteiger partial charge in [0.15, 0.2) is 0 Å². The van der Waals surface area contributed by atoms with Crippen LogP contribution in [0.1, 0.15) is 22.3 Å². The van der Waals surface area contributed by atoms with Gasteiger partial charge in [0.25, 0.3) is 0 Å². The summed E-state index contributed by atoms with van der Waals surface area (Å²) in [5.41, 5.74) is 10.4. The van der Waals surface area contributed by atoms with E-state index in [1.165, 1.54) is 44.5 Å². The largest absolute Gasteiger partial charge is 2.00 e. The van der Waals surface area contributed by atoms with Crippen LogP contribution in [0, 0.1) is 27.7 Å². The van der Waals surface area contributed by atoms with Gasteiger partial charge in [-0.1, -0.05) is 63.1 Å². The summed E-state index contributed by atoms with van der Waals surface area (Å²) in [6.45, 7) is 8.56. The van der Waals surface area contributed by atoms with Gasteiger partial charge in [-0.05, 0) is 0 Å². The molecule has 0 heterocycles. The molecular weight excluding hydrogens is 460 g/mol. The molecule has 3 heteroatoms. The van der Waals surface area contributed by atoms with Crippen molar-refractivity contribution in [1.29, 1.82) is 0 Å².